The van der Waals surface area contributed by atoms with E-state index in [1.807, 2.05) is 4.57 Å². The third-order valence-corrected chi connectivity index (χ3v) is 5.38. The van der Waals surface area contributed by atoms with Gasteiger partial charge in [0.1, 0.15) is 0 Å². The van der Waals surface area contributed by atoms with Crippen molar-refractivity contribution in [3.8, 4) is 23.6 Å². The minimum atomic E-state index is -0.268. The number of nitrogens with one attached hydrogen (secondary N) is 1. The van der Waals surface area contributed by atoms with Gasteiger partial charge in [-0.2, -0.15) is 9.97 Å². The summed E-state index contributed by atoms with van der Waals surface area (Å²) in [5.74, 6) is 6.82. The van der Waals surface area contributed by atoms with Crippen molar-refractivity contribution in [1.29, 1.82) is 0 Å². The molecule has 1 fully saturated rings. The Morgan fingerprint density at radius 2 is 1.94 bits per heavy atom. The normalized spacial score (nSPS) is 13.5. The van der Waals surface area contributed by atoms with Crippen molar-refractivity contribution in [2.24, 2.45) is 7.05 Å². The van der Waals surface area contributed by atoms with Gasteiger partial charge in [0.05, 0.1) is 12.2 Å². The Balaban J connectivity index is 1.81. The highest BCUT2D eigenvalue weighted by atomic mass is 16.5. The fourth-order valence-electron chi connectivity index (χ4n) is 3.81. The average molecular weight is 435 g/mol. The van der Waals surface area contributed by atoms with Crippen LogP contribution in [0.2, 0.25) is 0 Å². The summed E-state index contributed by atoms with van der Waals surface area (Å²) in [6, 6.07) is 7.09. The number of para-hydroxylation sites is 2. The van der Waals surface area contributed by atoms with Gasteiger partial charge in [0.25, 0.3) is 5.56 Å². The highest BCUT2D eigenvalue weighted by Gasteiger charge is 2.23. The van der Waals surface area contributed by atoms with E-state index in [4.69, 9.17) is 9.72 Å². The Hall–Kier alpha value is -3.80. The van der Waals surface area contributed by atoms with Crippen molar-refractivity contribution >= 4 is 28.7 Å². The van der Waals surface area contributed by atoms with E-state index < -0.39 is 0 Å². The molecule has 3 heterocycles. The molecule has 1 saturated heterocycles. The average Bonchev–Trinajstić information content (AvgIpc) is 3.15. The second-order valence-electron chi connectivity index (χ2n) is 7.68. The van der Waals surface area contributed by atoms with Crippen LogP contribution < -0.4 is 20.5 Å². The highest BCUT2D eigenvalue weighted by molar-refractivity contribution is 5.90. The molecular weight excluding hydrogens is 408 g/mol. The lowest BCUT2D eigenvalue weighted by molar-refractivity contribution is -0.114. The fraction of sp³-hybridized carbons (Fsp3) is 0.391. The summed E-state index contributed by atoms with van der Waals surface area (Å²) in [4.78, 5) is 36.3. The topological polar surface area (TPSA) is 94.3 Å². The third kappa shape index (κ3) is 4.17. The summed E-state index contributed by atoms with van der Waals surface area (Å²) in [6.45, 7) is 5.33. The number of rotatable bonds is 5. The maximum Gasteiger partial charge on any atom is 0.306 e. The minimum absolute atomic E-state index is 0.0942. The van der Waals surface area contributed by atoms with Crippen LogP contribution in [0.1, 0.15) is 33.1 Å². The number of carbonyl (C=O) groups is 1. The second kappa shape index (κ2) is 9.14. The minimum Gasteiger partial charge on any atom is -0.423 e. The van der Waals surface area contributed by atoms with Crippen LogP contribution in [0, 0.1) is 11.8 Å². The third-order valence-electron chi connectivity index (χ3n) is 5.38. The van der Waals surface area contributed by atoms with Gasteiger partial charge in [-0.05, 0) is 38.3 Å². The van der Waals surface area contributed by atoms with Gasteiger partial charge in [0.2, 0.25) is 11.9 Å². The predicted molar refractivity (Wildman–Crippen MR) is 123 cm³/mol. The molecule has 4 rings (SSSR count). The van der Waals surface area contributed by atoms with Crippen molar-refractivity contribution in [3.63, 3.8) is 0 Å². The van der Waals surface area contributed by atoms with E-state index in [1.54, 1.807) is 38.2 Å². The van der Waals surface area contributed by atoms with E-state index in [-0.39, 0.29) is 17.5 Å². The van der Waals surface area contributed by atoms with Gasteiger partial charge in [-0.25, -0.2) is 0 Å². The lowest BCUT2D eigenvalue weighted by Crippen LogP contribution is -2.32. The molecule has 3 aromatic rings. The van der Waals surface area contributed by atoms with Crippen molar-refractivity contribution in [2.45, 2.75) is 39.7 Å². The summed E-state index contributed by atoms with van der Waals surface area (Å²) >= 11 is 0. The van der Waals surface area contributed by atoms with E-state index >= 15 is 0 Å². The number of benzene rings is 1. The number of nitrogens with zero attached hydrogens (tertiary/aromatic N) is 5. The maximum absolute atomic E-state index is 13.3. The molecule has 0 aliphatic carbocycles. The van der Waals surface area contributed by atoms with E-state index in [0.717, 1.165) is 25.9 Å². The monoisotopic (exact) mass is 434 g/mol. The molecule has 9 nitrogen and oxygen atoms in total. The standard InChI is InChI=1S/C23H26N6O3/c1-4-5-15-29-19-20(25-22(29)28-13-9-6-10-14-28)26-23(27(3)21(19)31)32-18-12-8-7-11-17(18)24-16(2)30/h7-8,11-12H,6,9-10,13-15H2,1-3H3,(H,24,30). The van der Waals surface area contributed by atoms with Gasteiger partial charge in [0.15, 0.2) is 16.9 Å². The Morgan fingerprint density at radius 1 is 1.19 bits per heavy atom. The van der Waals surface area contributed by atoms with Crippen molar-refractivity contribution in [2.75, 3.05) is 23.3 Å². The van der Waals surface area contributed by atoms with E-state index in [9.17, 15) is 9.59 Å². The zero-order chi connectivity index (χ0) is 22.7. The summed E-state index contributed by atoms with van der Waals surface area (Å²) in [7, 11) is 1.61. The first-order valence-corrected chi connectivity index (χ1v) is 10.7. The first-order valence-electron chi connectivity index (χ1n) is 10.7. The number of hydrogen-bond acceptors (Lipinski definition) is 6. The van der Waals surface area contributed by atoms with Gasteiger partial charge in [-0.3, -0.25) is 18.7 Å². The first kappa shape index (κ1) is 21.4. The van der Waals surface area contributed by atoms with Gasteiger partial charge in [-0.1, -0.05) is 18.1 Å². The number of ether oxygens (including phenoxy) is 1. The van der Waals surface area contributed by atoms with Gasteiger partial charge < -0.3 is 15.0 Å². The molecule has 0 spiro atoms. The Bertz CT molecular complexity index is 1270. The second-order valence-corrected chi connectivity index (χ2v) is 7.68. The molecule has 0 radical (unpaired) electrons. The summed E-state index contributed by atoms with van der Waals surface area (Å²) in [5.41, 5.74) is 0.944. The summed E-state index contributed by atoms with van der Waals surface area (Å²) in [6.07, 6.45) is 3.36. The Kier molecular flexibility index (Phi) is 6.12. The zero-order valence-electron chi connectivity index (χ0n) is 18.5. The maximum atomic E-state index is 13.3. The molecule has 32 heavy (non-hydrogen) atoms. The van der Waals surface area contributed by atoms with E-state index in [1.165, 1.54) is 17.9 Å². The van der Waals surface area contributed by atoms with Gasteiger partial charge in [0, 0.05) is 27.1 Å². The number of imidazole rings is 1. The smallest absolute Gasteiger partial charge is 0.306 e. The lowest BCUT2D eigenvalue weighted by Gasteiger charge is -2.27. The lowest BCUT2D eigenvalue weighted by atomic mass is 10.1. The quantitative estimate of drug-likeness (QED) is 0.621. The molecule has 0 saturated carbocycles. The number of piperidine rings is 1. The molecule has 1 aliphatic rings. The SMILES string of the molecule is CC#CCn1c(N2CCCCC2)nc2nc(Oc3ccccc3NC(C)=O)n(C)c(=O)c21. The molecule has 1 N–H and O–H groups in total. The van der Waals surface area contributed by atoms with Crippen LogP contribution >= 0.6 is 0 Å². The molecule has 0 unspecified atom stereocenters. The van der Waals surface area contributed by atoms with E-state index in [0.29, 0.717) is 35.1 Å². The van der Waals surface area contributed by atoms with Crippen molar-refractivity contribution in [3.05, 3.63) is 34.6 Å². The number of anilines is 2. The number of hydrogen-bond donors (Lipinski definition) is 1. The van der Waals surface area contributed by atoms with Crippen LogP contribution in [-0.2, 0) is 18.4 Å². The molecule has 0 bridgehead atoms. The predicted octanol–water partition coefficient (Wildman–Crippen LogP) is 2.89. The van der Waals surface area contributed by atoms with Crippen LogP contribution in [0.15, 0.2) is 29.1 Å². The summed E-state index contributed by atoms with van der Waals surface area (Å²) < 4.78 is 9.15. The van der Waals surface area contributed by atoms with Crippen LogP contribution in [0.25, 0.3) is 11.2 Å². The highest BCUT2D eigenvalue weighted by Crippen LogP contribution is 2.29. The summed E-state index contributed by atoms with van der Waals surface area (Å²) in [5, 5.41) is 2.72. The van der Waals surface area contributed by atoms with Crippen LogP contribution in [-0.4, -0.2) is 38.1 Å². The Morgan fingerprint density at radius 3 is 2.66 bits per heavy atom. The number of aromatic nitrogens is 4. The first-order chi connectivity index (χ1) is 15.5. The van der Waals surface area contributed by atoms with Crippen LogP contribution in [0.3, 0.4) is 0 Å². The zero-order valence-corrected chi connectivity index (χ0v) is 18.5. The molecule has 9 heteroatoms. The number of fused-ring (bicyclic) bond motifs is 1. The van der Waals surface area contributed by atoms with E-state index in [2.05, 4.69) is 27.0 Å². The van der Waals surface area contributed by atoms with Gasteiger partial charge >= 0.3 is 6.01 Å². The van der Waals surface area contributed by atoms with Crippen molar-refractivity contribution in [1.82, 2.24) is 19.1 Å². The van der Waals surface area contributed by atoms with Crippen LogP contribution in [0.5, 0.6) is 11.8 Å². The molecule has 0 atom stereocenters. The molecule has 2 aromatic heterocycles. The largest absolute Gasteiger partial charge is 0.423 e. The Labute approximate surface area is 186 Å². The van der Waals surface area contributed by atoms with Crippen molar-refractivity contribution < 1.29 is 9.53 Å². The molecular formula is C23H26N6O3. The number of amides is 1. The fourth-order valence-corrected chi connectivity index (χ4v) is 3.81. The van der Waals surface area contributed by atoms with Gasteiger partial charge in [-0.15, -0.1) is 5.92 Å². The van der Waals surface area contributed by atoms with Crippen LogP contribution in [0.4, 0.5) is 11.6 Å². The molecule has 1 amide bonds. The number of carbonyl (C=O) groups excluding carboxylic acids is 1. The molecule has 1 aromatic carbocycles. The molecule has 166 valence electrons. The molecule has 1 aliphatic heterocycles.